The molecule has 1 N–H and O–H groups in total. The summed E-state index contributed by atoms with van der Waals surface area (Å²) in [6, 6.07) is 0. The number of hydrogen-bond acceptors (Lipinski definition) is 5. The zero-order chi connectivity index (χ0) is 14.3. The fraction of sp³-hybridized carbons (Fsp3) is 1.00. The third kappa shape index (κ3) is 5.00. The summed E-state index contributed by atoms with van der Waals surface area (Å²) < 4.78 is 11.7. The normalized spacial score (nSPS) is 27.0. The largest absolute Gasteiger partial charge is 0.388 e. The molecule has 2 unspecified atom stereocenters. The third-order valence-corrected chi connectivity index (χ3v) is 3.81. The molecule has 19 heavy (non-hydrogen) atoms. The highest BCUT2D eigenvalue weighted by Gasteiger charge is 2.48. The average Bonchev–Trinajstić information content (AvgIpc) is 2.39. The molecule has 0 spiro atoms. The number of hydrogen-bond donors (Lipinski definition) is 1. The first-order valence-electron chi connectivity index (χ1n) is 7.37. The molecule has 0 heterocycles. The van der Waals surface area contributed by atoms with E-state index in [0.29, 0.717) is 13.2 Å². The first kappa shape index (κ1) is 16.9. The van der Waals surface area contributed by atoms with Crippen LogP contribution in [0.25, 0.3) is 0 Å². The van der Waals surface area contributed by atoms with E-state index in [1.54, 1.807) is 0 Å². The molecule has 0 aromatic heterocycles. The van der Waals surface area contributed by atoms with Crippen LogP contribution in [0.15, 0.2) is 0 Å². The Balaban J connectivity index is 2.31. The van der Waals surface area contributed by atoms with Gasteiger partial charge < -0.3 is 24.4 Å². The van der Waals surface area contributed by atoms with Crippen molar-refractivity contribution < 1.29 is 14.6 Å². The molecule has 2 atom stereocenters. The highest BCUT2D eigenvalue weighted by molar-refractivity contribution is 4.91. The molecule has 0 aromatic carbocycles. The van der Waals surface area contributed by atoms with E-state index < -0.39 is 11.9 Å². The van der Waals surface area contributed by atoms with Gasteiger partial charge in [-0.1, -0.05) is 13.8 Å². The van der Waals surface area contributed by atoms with Crippen LogP contribution in [0.2, 0.25) is 0 Å². The Morgan fingerprint density at radius 2 is 1.68 bits per heavy atom. The fourth-order valence-electron chi connectivity index (χ4n) is 2.18. The minimum Gasteiger partial charge on any atom is -0.388 e. The van der Waals surface area contributed by atoms with Crippen molar-refractivity contribution in [2.75, 3.05) is 53.5 Å². The van der Waals surface area contributed by atoms with Gasteiger partial charge in [-0.25, -0.2) is 0 Å². The highest BCUT2D eigenvalue weighted by atomic mass is 16.7. The molecule has 1 saturated carbocycles. The predicted molar refractivity (Wildman–Crippen MR) is 76.2 cm³/mol. The van der Waals surface area contributed by atoms with Gasteiger partial charge in [0.15, 0.2) is 5.79 Å². The molecule has 1 fully saturated rings. The maximum absolute atomic E-state index is 9.93. The molecule has 0 radical (unpaired) electrons. The van der Waals surface area contributed by atoms with Gasteiger partial charge in [-0.2, -0.15) is 0 Å². The van der Waals surface area contributed by atoms with Crippen molar-refractivity contribution >= 4 is 0 Å². The van der Waals surface area contributed by atoms with Crippen LogP contribution in [0.4, 0.5) is 0 Å². The zero-order valence-corrected chi connectivity index (χ0v) is 12.9. The van der Waals surface area contributed by atoms with Crippen molar-refractivity contribution in [3.8, 4) is 0 Å². The molecular formula is C14H30N2O3. The van der Waals surface area contributed by atoms with Crippen molar-refractivity contribution in [1.29, 1.82) is 0 Å². The molecule has 0 amide bonds. The quantitative estimate of drug-likeness (QED) is 0.596. The molecule has 5 heteroatoms. The Bertz CT molecular complexity index is 247. The first-order chi connectivity index (χ1) is 9.04. The van der Waals surface area contributed by atoms with Crippen molar-refractivity contribution in [2.45, 2.75) is 38.6 Å². The molecule has 1 rings (SSSR count). The van der Waals surface area contributed by atoms with Gasteiger partial charge in [-0.05, 0) is 33.6 Å². The van der Waals surface area contributed by atoms with Crippen LogP contribution in [0.3, 0.4) is 0 Å². The second kappa shape index (κ2) is 8.17. The molecular weight excluding hydrogens is 244 g/mol. The number of aliphatic hydroxyl groups is 1. The Hall–Kier alpha value is -0.200. The Kier molecular flexibility index (Phi) is 7.25. The molecule has 1 aliphatic carbocycles. The van der Waals surface area contributed by atoms with E-state index in [2.05, 4.69) is 23.6 Å². The van der Waals surface area contributed by atoms with E-state index in [1.807, 2.05) is 14.1 Å². The number of ether oxygens (including phenoxy) is 2. The van der Waals surface area contributed by atoms with Crippen LogP contribution in [0, 0.1) is 0 Å². The maximum atomic E-state index is 9.93. The fourth-order valence-corrected chi connectivity index (χ4v) is 2.18. The standard InChI is InChI=1S/C14H30N2O3/c1-5-16(6-2)10-12-19-14(8-7-13(14)17)18-11-9-15(3)4/h13,17H,5-12H2,1-4H3. The maximum Gasteiger partial charge on any atom is 0.194 e. The van der Waals surface area contributed by atoms with Crippen LogP contribution >= 0.6 is 0 Å². The van der Waals surface area contributed by atoms with Crippen molar-refractivity contribution in [1.82, 2.24) is 9.80 Å². The van der Waals surface area contributed by atoms with Gasteiger partial charge in [0.05, 0.1) is 13.2 Å². The lowest BCUT2D eigenvalue weighted by Gasteiger charge is -2.45. The van der Waals surface area contributed by atoms with Crippen LogP contribution in [0.1, 0.15) is 26.7 Å². The molecule has 0 aromatic rings. The summed E-state index contributed by atoms with van der Waals surface area (Å²) in [4.78, 5) is 4.37. The summed E-state index contributed by atoms with van der Waals surface area (Å²) in [5.41, 5.74) is 0. The molecule has 0 saturated heterocycles. The number of nitrogens with zero attached hydrogens (tertiary/aromatic N) is 2. The van der Waals surface area contributed by atoms with E-state index in [9.17, 15) is 5.11 Å². The summed E-state index contributed by atoms with van der Waals surface area (Å²) in [6.45, 7) is 9.27. The Labute approximate surface area is 117 Å². The summed E-state index contributed by atoms with van der Waals surface area (Å²) in [7, 11) is 4.02. The van der Waals surface area contributed by atoms with Crippen molar-refractivity contribution in [3.05, 3.63) is 0 Å². The van der Waals surface area contributed by atoms with Crippen molar-refractivity contribution in [3.63, 3.8) is 0 Å². The smallest absolute Gasteiger partial charge is 0.194 e. The lowest BCUT2D eigenvalue weighted by Crippen LogP contribution is -2.57. The molecule has 0 aliphatic heterocycles. The minimum atomic E-state index is -0.747. The average molecular weight is 274 g/mol. The van der Waals surface area contributed by atoms with Crippen LogP contribution in [0.5, 0.6) is 0 Å². The first-order valence-corrected chi connectivity index (χ1v) is 7.37. The van der Waals surface area contributed by atoms with E-state index in [1.165, 1.54) is 0 Å². The van der Waals surface area contributed by atoms with Gasteiger partial charge in [-0.15, -0.1) is 0 Å². The monoisotopic (exact) mass is 274 g/mol. The summed E-state index contributed by atoms with van der Waals surface area (Å²) >= 11 is 0. The topological polar surface area (TPSA) is 45.2 Å². The van der Waals surface area contributed by atoms with Crippen molar-refractivity contribution in [2.24, 2.45) is 0 Å². The SMILES string of the molecule is CCN(CC)CCOC1(OCCN(C)C)CCC1O. The molecule has 0 bridgehead atoms. The minimum absolute atomic E-state index is 0.480. The van der Waals surface area contributed by atoms with E-state index in [-0.39, 0.29) is 0 Å². The van der Waals surface area contributed by atoms with Gasteiger partial charge in [0, 0.05) is 19.5 Å². The number of aliphatic hydroxyl groups excluding tert-OH is 1. The molecule has 1 aliphatic rings. The predicted octanol–water partition coefficient (Wildman–Crippen LogP) is 0.774. The summed E-state index contributed by atoms with van der Waals surface area (Å²) in [5, 5.41) is 9.93. The van der Waals surface area contributed by atoms with Gasteiger partial charge in [-0.3, -0.25) is 0 Å². The van der Waals surface area contributed by atoms with Gasteiger partial charge in [0.1, 0.15) is 6.10 Å². The third-order valence-electron chi connectivity index (χ3n) is 3.81. The summed E-state index contributed by atoms with van der Waals surface area (Å²) in [6.07, 6.45) is 1.08. The van der Waals surface area contributed by atoms with Crippen LogP contribution in [-0.4, -0.2) is 80.3 Å². The highest BCUT2D eigenvalue weighted by Crippen LogP contribution is 2.37. The Morgan fingerprint density at radius 3 is 2.05 bits per heavy atom. The van der Waals surface area contributed by atoms with Gasteiger partial charge >= 0.3 is 0 Å². The van der Waals surface area contributed by atoms with Crippen LogP contribution < -0.4 is 0 Å². The number of likely N-dealkylation sites (N-methyl/N-ethyl adjacent to an activating group) is 2. The van der Waals surface area contributed by atoms with Gasteiger partial charge in [0.25, 0.3) is 0 Å². The van der Waals surface area contributed by atoms with Gasteiger partial charge in [0.2, 0.25) is 0 Å². The zero-order valence-electron chi connectivity index (χ0n) is 12.9. The lowest BCUT2D eigenvalue weighted by atomic mass is 9.87. The molecule has 5 nitrogen and oxygen atoms in total. The van der Waals surface area contributed by atoms with Crippen LogP contribution in [-0.2, 0) is 9.47 Å². The second-order valence-electron chi connectivity index (χ2n) is 5.39. The molecule has 114 valence electrons. The second-order valence-corrected chi connectivity index (χ2v) is 5.39. The van der Waals surface area contributed by atoms with E-state index >= 15 is 0 Å². The Morgan fingerprint density at radius 1 is 1.11 bits per heavy atom. The van der Waals surface area contributed by atoms with E-state index in [0.717, 1.165) is 39.0 Å². The summed E-state index contributed by atoms with van der Waals surface area (Å²) in [5.74, 6) is -0.747. The van der Waals surface area contributed by atoms with E-state index in [4.69, 9.17) is 9.47 Å². The number of rotatable bonds is 10. The lowest BCUT2D eigenvalue weighted by molar-refractivity contribution is -0.327.